The number of nitrogens with zero attached hydrogens (tertiary/aromatic N) is 6. The summed E-state index contributed by atoms with van der Waals surface area (Å²) in [5.74, 6) is 0.687. The van der Waals surface area contributed by atoms with Crippen molar-refractivity contribution >= 4 is 5.82 Å². The van der Waals surface area contributed by atoms with Crippen LogP contribution in [0.5, 0.6) is 5.75 Å². The van der Waals surface area contributed by atoms with E-state index in [2.05, 4.69) is 32.7 Å². The van der Waals surface area contributed by atoms with Crippen LogP contribution in [0.15, 0.2) is 42.7 Å². The number of phenols is 1. The maximum absolute atomic E-state index is 15.4. The fourth-order valence-electron chi connectivity index (χ4n) is 5.08. The Morgan fingerprint density at radius 1 is 1.19 bits per heavy atom. The SMILES string of the molecule is CN(c1ccc(-c2ccc(-n3ccnn3)cc2O)nn1)[C@H]1C[C@]2(C)CC[C@@](C)(N2)[C@@H]1F. The van der Waals surface area contributed by atoms with Gasteiger partial charge >= 0.3 is 0 Å². The first-order chi connectivity index (χ1) is 14.8. The molecule has 2 aliphatic heterocycles. The van der Waals surface area contributed by atoms with E-state index in [0.717, 1.165) is 12.8 Å². The number of rotatable bonds is 4. The molecule has 2 bridgehead atoms. The van der Waals surface area contributed by atoms with Gasteiger partial charge in [-0.15, -0.1) is 15.3 Å². The quantitative estimate of drug-likeness (QED) is 0.667. The van der Waals surface area contributed by atoms with E-state index in [1.165, 1.54) is 0 Å². The summed E-state index contributed by atoms with van der Waals surface area (Å²) >= 11 is 0. The van der Waals surface area contributed by atoms with Crippen LogP contribution in [0.3, 0.4) is 0 Å². The minimum atomic E-state index is -0.997. The van der Waals surface area contributed by atoms with Crippen molar-refractivity contribution in [3.8, 4) is 22.7 Å². The third-order valence-corrected chi connectivity index (χ3v) is 6.84. The Kier molecular flexibility index (Phi) is 4.47. The van der Waals surface area contributed by atoms with E-state index >= 15 is 4.39 Å². The molecule has 2 saturated heterocycles. The first kappa shape index (κ1) is 19.9. The maximum Gasteiger partial charge on any atom is 0.151 e. The van der Waals surface area contributed by atoms with E-state index in [-0.39, 0.29) is 17.3 Å². The Hall–Kier alpha value is -3.07. The number of hydrogen-bond donors (Lipinski definition) is 2. The lowest BCUT2D eigenvalue weighted by Gasteiger charge is -2.47. The van der Waals surface area contributed by atoms with Crippen LogP contribution >= 0.6 is 0 Å². The Morgan fingerprint density at radius 3 is 2.71 bits per heavy atom. The lowest BCUT2D eigenvalue weighted by atomic mass is 9.82. The van der Waals surface area contributed by atoms with Gasteiger partial charge in [0.25, 0.3) is 0 Å². The van der Waals surface area contributed by atoms with Crippen molar-refractivity contribution in [1.82, 2.24) is 30.5 Å². The molecule has 0 radical (unpaired) electrons. The van der Waals surface area contributed by atoms with E-state index in [9.17, 15) is 5.11 Å². The van der Waals surface area contributed by atoms with Gasteiger partial charge in [-0.25, -0.2) is 9.07 Å². The predicted molar refractivity (Wildman–Crippen MR) is 115 cm³/mol. The van der Waals surface area contributed by atoms with Crippen LogP contribution in [0.1, 0.15) is 33.1 Å². The number of alkyl halides is 1. The highest BCUT2D eigenvalue weighted by molar-refractivity contribution is 5.69. The lowest BCUT2D eigenvalue weighted by Crippen LogP contribution is -2.65. The molecule has 162 valence electrons. The highest BCUT2D eigenvalue weighted by Crippen LogP contribution is 2.45. The number of aromatic hydroxyl groups is 1. The van der Waals surface area contributed by atoms with Gasteiger partial charge in [-0.1, -0.05) is 5.21 Å². The van der Waals surface area contributed by atoms with Crippen molar-refractivity contribution in [2.24, 2.45) is 0 Å². The molecule has 9 heteroatoms. The van der Waals surface area contributed by atoms with Crippen molar-refractivity contribution in [3.63, 3.8) is 0 Å². The number of benzene rings is 1. The molecule has 3 aromatic rings. The first-order valence-electron chi connectivity index (χ1n) is 10.5. The molecule has 0 amide bonds. The summed E-state index contributed by atoms with van der Waals surface area (Å²) in [7, 11) is 1.88. The van der Waals surface area contributed by atoms with Crippen molar-refractivity contribution < 1.29 is 9.50 Å². The van der Waals surface area contributed by atoms with Gasteiger partial charge in [0.05, 0.1) is 29.8 Å². The van der Waals surface area contributed by atoms with E-state index in [0.29, 0.717) is 29.2 Å². The molecule has 31 heavy (non-hydrogen) atoms. The van der Waals surface area contributed by atoms with E-state index in [1.54, 1.807) is 35.3 Å². The topological polar surface area (TPSA) is 92.0 Å². The van der Waals surface area contributed by atoms with Crippen LogP contribution in [0, 0.1) is 0 Å². The average Bonchev–Trinajstić information content (AvgIpc) is 3.38. The monoisotopic (exact) mass is 423 g/mol. The molecule has 0 aliphatic carbocycles. The fourth-order valence-corrected chi connectivity index (χ4v) is 5.08. The maximum atomic E-state index is 15.4. The minimum absolute atomic E-state index is 0.0543. The number of nitrogens with one attached hydrogen (secondary N) is 1. The van der Waals surface area contributed by atoms with Crippen LogP contribution in [0.25, 0.3) is 16.9 Å². The van der Waals surface area contributed by atoms with Gasteiger partial charge in [0, 0.05) is 29.8 Å². The van der Waals surface area contributed by atoms with Crippen LogP contribution < -0.4 is 10.2 Å². The summed E-state index contributed by atoms with van der Waals surface area (Å²) in [5.41, 5.74) is 1.24. The van der Waals surface area contributed by atoms with E-state index < -0.39 is 11.7 Å². The number of piperidine rings is 1. The van der Waals surface area contributed by atoms with Crippen molar-refractivity contribution in [2.45, 2.75) is 56.4 Å². The van der Waals surface area contributed by atoms with Gasteiger partial charge in [0.1, 0.15) is 11.9 Å². The third kappa shape index (κ3) is 3.33. The highest BCUT2D eigenvalue weighted by atomic mass is 19.1. The third-order valence-electron chi connectivity index (χ3n) is 6.84. The number of phenolic OH excluding ortho intramolecular Hbond substituents is 1. The van der Waals surface area contributed by atoms with Gasteiger partial charge in [0.2, 0.25) is 0 Å². The fraction of sp³-hybridized carbons (Fsp3) is 0.455. The highest BCUT2D eigenvalue weighted by Gasteiger charge is 2.56. The second-order valence-electron chi connectivity index (χ2n) is 9.21. The smallest absolute Gasteiger partial charge is 0.151 e. The molecule has 2 aromatic heterocycles. The number of fused-ring (bicyclic) bond motifs is 2. The number of anilines is 1. The molecule has 0 saturated carbocycles. The van der Waals surface area contributed by atoms with Crippen LogP contribution in [-0.4, -0.2) is 60.6 Å². The molecule has 0 unspecified atom stereocenters. The molecular formula is C22H26FN7O. The normalized spacial score (nSPS) is 29.8. The Labute approximate surface area is 180 Å². The van der Waals surface area contributed by atoms with Gasteiger partial charge in [0.15, 0.2) is 5.82 Å². The van der Waals surface area contributed by atoms with Gasteiger partial charge in [-0.2, -0.15) is 0 Å². The molecule has 8 nitrogen and oxygen atoms in total. The summed E-state index contributed by atoms with van der Waals surface area (Å²) < 4.78 is 16.9. The number of aromatic nitrogens is 5. The summed E-state index contributed by atoms with van der Waals surface area (Å²) in [6.45, 7) is 4.15. The Morgan fingerprint density at radius 2 is 2.03 bits per heavy atom. The lowest BCUT2D eigenvalue weighted by molar-refractivity contribution is 0.0859. The van der Waals surface area contributed by atoms with Crippen LogP contribution in [-0.2, 0) is 0 Å². The molecule has 2 fully saturated rings. The van der Waals surface area contributed by atoms with Crippen molar-refractivity contribution in [3.05, 3.63) is 42.7 Å². The largest absolute Gasteiger partial charge is 0.507 e. The average molecular weight is 423 g/mol. The molecule has 2 aliphatic rings. The molecule has 1 aromatic carbocycles. The second kappa shape index (κ2) is 6.98. The Balaban J connectivity index is 1.38. The molecule has 2 N–H and O–H groups in total. The molecule has 0 spiro atoms. The van der Waals surface area contributed by atoms with E-state index in [1.807, 2.05) is 31.0 Å². The summed E-state index contributed by atoms with van der Waals surface area (Å²) in [5, 5.41) is 30.3. The van der Waals surface area contributed by atoms with Crippen molar-refractivity contribution in [2.75, 3.05) is 11.9 Å². The predicted octanol–water partition coefficient (Wildman–Crippen LogP) is 2.88. The number of hydrogen-bond acceptors (Lipinski definition) is 7. The zero-order valence-electron chi connectivity index (χ0n) is 17.8. The second-order valence-corrected chi connectivity index (χ2v) is 9.21. The van der Waals surface area contributed by atoms with Crippen LogP contribution in [0.2, 0.25) is 0 Å². The standard InChI is InChI=1S/C22H26FN7O/c1-21-8-9-22(2,27-21)20(23)17(13-21)29(3)19-7-6-16(25-26-19)15-5-4-14(12-18(15)31)30-11-10-24-28-30/h4-7,10-12,17,20,27,31H,8-9,13H2,1-3H3/t17-,20+,21-,22+/m0/s1. The van der Waals surface area contributed by atoms with Crippen molar-refractivity contribution in [1.29, 1.82) is 0 Å². The zero-order chi connectivity index (χ0) is 21.8. The number of halogens is 1. The van der Waals surface area contributed by atoms with E-state index in [4.69, 9.17) is 0 Å². The first-order valence-corrected chi connectivity index (χ1v) is 10.5. The van der Waals surface area contributed by atoms with Gasteiger partial charge in [-0.3, -0.25) is 0 Å². The minimum Gasteiger partial charge on any atom is -0.507 e. The van der Waals surface area contributed by atoms with Crippen LogP contribution in [0.4, 0.5) is 10.2 Å². The molecule has 4 heterocycles. The molecular weight excluding hydrogens is 397 g/mol. The summed E-state index contributed by atoms with van der Waals surface area (Å²) in [6, 6.07) is 8.55. The molecule has 4 atom stereocenters. The van der Waals surface area contributed by atoms with Gasteiger partial charge < -0.3 is 15.3 Å². The summed E-state index contributed by atoms with van der Waals surface area (Å²) in [4.78, 5) is 1.90. The Bertz CT molecular complexity index is 1090. The summed E-state index contributed by atoms with van der Waals surface area (Å²) in [6.07, 6.45) is 4.80. The zero-order valence-corrected chi connectivity index (χ0v) is 17.8. The van der Waals surface area contributed by atoms with Gasteiger partial charge in [-0.05, 0) is 57.4 Å². The molecule has 5 rings (SSSR count).